The van der Waals surface area contributed by atoms with E-state index in [0.29, 0.717) is 0 Å². The van der Waals surface area contributed by atoms with Gasteiger partial charge in [0.1, 0.15) is 0 Å². The maximum Gasteiger partial charge on any atom is 0.394 e. The highest BCUT2D eigenvalue weighted by Gasteiger charge is 1.99. The molecule has 68 valence electrons. The quantitative estimate of drug-likeness (QED) is 0.500. The molecule has 7 heteroatoms. The van der Waals surface area contributed by atoms with Crippen LogP contribution in [0, 0.1) is 5.92 Å². The van der Waals surface area contributed by atoms with Crippen molar-refractivity contribution in [2.75, 3.05) is 0 Å². The van der Waals surface area contributed by atoms with E-state index in [4.69, 9.17) is 22.6 Å². The molecule has 11 heavy (non-hydrogen) atoms. The van der Waals surface area contributed by atoms with E-state index >= 15 is 0 Å². The Hall–Kier alpha value is -0.660. The van der Waals surface area contributed by atoms with Gasteiger partial charge >= 0.3 is 16.4 Å². The molecule has 0 aromatic carbocycles. The van der Waals surface area contributed by atoms with Gasteiger partial charge in [0.05, 0.1) is 5.92 Å². The predicted octanol–water partition coefficient (Wildman–Crippen LogP) is 0.0742. The monoisotopic (exact) mass is 186 g/mol. The van der Waals surface area contributed by atoms with Gasteiger partial charge in [-0.3, -0.25) is 13.9 Å². The largest absolute Gasteiger partial charge is 0.481 e. The van der Waals surface area contributed by atoms with Crippen LogP contribution in [0.15, 0.2) is 0 Å². The Labute approximate surface area is 64.4 Å². The first kappa shape index (κ1) is 13.0. The molecule has 0 unspecified atom stereocenters. The van der Waals surface area contributed by atoms with Gasteiger partial charge in [0.15, 0.2) is 0 Å². The average molecular weight is 186 g/mol. The third-order valence-electron chi connectivity index (χ3n) is 0.494. The molecule has 0 saturated carbocycles. The zero-order valence-electron chi connectivity index (χ0n) is 6.05. The molecule has 6 nitrogen and oxygen atoms in total. The van der Waals surface area contributed by atoms with E-state index < -0.39 is 16.4 Å². The minimum atomic E-state index is -4.67. The van der Waals surface area contributed by atoms with Gasteiger partial charge in [-0.05, 0) is 0 Å². The summed E-state index contributed by atoms with van der Waals surface area (Å²) in [7, 11) is -4.67. The highest BCUT2D eigenvalue weighted by Crippen LogP contribution is 1.87. The second-order valence-corrected chi connectivity index (χ2v) is 2.84. The van der Waals surface area contributed by atoms with Crippen molar-refractivity contribution in [1.82, 2.24) is 0 Å². The molecule has 0 bridgehead atoms. The van der Waals surface area contributed by atoms with E-state index in [1.807, 2.05) is 0 Å². The van der Waals surface area contributed by atoms with Crippen LogP contribution in [0.2, 0.25) is 0 Å². The molecule has 0 spiro atoms. The summed E-state index contributed by atoms with van der Waals surface area (Å²) in [4.78, 5) is 9.70. The first-order valence-corrected chi connectivity index (χ1v) is 3.97. The molecule has 0 heterocycles. The summed E-state index contributed by atoms with van der Waals surface area (Å²) < 4.78 is 31.6. The lowest BCUT2D eigenvalue weighted by atomic mass is 10.2. The van der Waals surface area contributed by atoms with Gasteiger partial charge in [-0.1, -0.05) is 13.8 Å². The Kier molecular flexibility index (Phi) is 5.96. The number of carboxylic acids is 1. The first-order valence-electron chi connectivity index (χ1n) is 2.57. The van der Waals surface area contributed by atoms with Crippen LogP contribution in [0.3, 0.4) is 0 Å². The fourth-order valence-electron chi connectivity index (χ4n) is 0. The highest BCUT2D eigenvalue weighted by molar-refractivity contribution is 7.79. The molecule has 0 radical (unpaired) electrons. The van der Waals surface area contributed by atoms with Gasteiger partial charge in [0, 0.05) is 0 Å². The molecule has 0 amide bonds. The summed E-state index contributed by atoms with van der Waals surface area (Å²) in [5.74, 6) is -0.972. The lowest BCUT2D eigenvalue weighted by Gasteiger charge is -1.89. The van der Waals surface area contributed by atoms with Crippen molar-refractivity contribution in [3.63, 3.8) is 0 Å². The second-order valence-electron chi connectivity index (χ2n) is 1.94. The number of rotatable bonds is 1. The summed E-state index contributed by atoms with van der Waals surface area (Å²) in [6.45, 7) is 3.28. The van der Waals surface area contributed by atoms with E-state index in [2.05, 4.69) is 0 Å². The van der Waals surface area contributed by atoms with E-state index in [1.165, 1.54) is 0 Å². The van der Waals surface area contributed by atoms with Gasteiger partial charge in [-0.25, -0.2) is 0 Å². The maximum atomic E-state index is 9.70. The van der Waals surface area contributed by atoms with Crippen LogP contribution in [-0.4, -0.2) is 28.6 Å². The normalized spacial score (nSPS) is 10.3. The van der Waals surface area contributed by atoms with E-state index in [9.17, 15) is 4.79 Å². The van der Waals surface area contributed by atoms with Crippen LogP contribution >= 0.6 is 0 Å². The third kappa shape index (κ3) is 45.1. The Balaban J connectivity index is 0. The Morgan fingerprint density at radius 1 is 1.27 bits per heavy atom. The molecule has 0 atom stereocenters. The zero-order valence-corrected chi connectivity index (χ0v) is 6.87. The number of carbonyl (C=O) groups is 1. The minimum Gasteiger partial charge on any atom is -0.481 e. The van der Waals surface area contributed by atoms with Crippen molar-refractivity contribution in [2.24, 2.45) is 5.92 Å². The van der Waals surface area contributed by atoms with Crippen molar-refractivity contribution in [3.05, 3.63) is 0 Å². The number of carboxylic acid groups (broad SMARTS) is 1. The van der Waals surface area contributed by atoms with Gasteiger partial charge < -0.3 is 5.11 Å². The van der Waals surface area contributed by atoms with E-state index in [-0.39, 0.29) is 5.92 Å². The van der Waals surface area contributed by atoms with Crippen LogP contribution in [0.25, 0.3) is 0 Å². The zero-order chi connectivity index (χ0) is 9.65. The van der Waals surface area contributed by atoms with Crippen molar-refractivity contribution < 1.29 is 27.4 Å². The molecule has 0 aliphatic carbocycles. The van der Waals surface area contributed by atoms with Gasteiger partial charge in [0.25, 0.3) is 0 Å². The van der Waals surface area contributed by atoms with Crippen LogP contribution < -0.4 is 0 Å². The Bertz CT molecular complexity index is 195. The second kappa shape index (κ2) is 5.05. The van der Waals surface area contributed by atoms with Crippen molar-refractivity contribution in [3.8, 4) is 0 Å². The standard InChI is InChI=1S/C4H8O2.H2O4S/c1-3(2)4(5)6;1-5(2,3)4/h3H,1-2H3,(H,5,6);(H2,1,2,3,4). The molecule has 0 fully saturated rings. The smallest absolute Gasteiger partial charge is 0.394 e. The molecule has 0 aromatic heterocycles. The van der Waals surface area contributed by atoms with Crippen LogP contribution in [0.5, 0.6) is 0 Å². The van der Waals surface area contributed by atoms with Gasteiger partial charge in [-0.2, -0.15) is 8.42 Å². The summed E-state index contributed by atoms with van der Waals surface area (Å²) in [5, 5.41) is 7.99. The lowest BCUT2D eigenvalue weighted by molar-refractivity contribution is -0.140. The molecule has 0 aliphatic heterocycles. The lowest BCUT2D eigenvalue weighted by Crippen LogP contribution is -2.03. The van der Waals surface area contributed by atoms with Crippen molar-refractivity contribution >= 4 is 16.4 Å². The van der Waals surface area contributed by atoms with E-state index in [0.717, 1.165) is 0 Å². The fourth-order valence-corrected chi connectivity index (χ4v) is 0. The van der Waals surface area contributed by atoms with Crippen LogP contribution in [-0.2, 0) is 15.2 Å². The Morgan fingerprint density at radius 2 is 1.36 bits per heavy atom. The summed E-state index contributed by atoms with van der Waals surface area (Å²) in [5.41, 5.74) is 0. The third-order valence-corrected chi connectivity index (χ3v) is 0.494. The van der Waals surface area contributed by atoms with Crippen LogP contribution in [0.4, 0.5) is 0 Å². The fraction of sp³-hybridized carbons (Fsp3) is 0.750. The van der Waals surface area contributed by atoms with Crippen molar-refractivity contribution in [2.45, 2.75) is 13.8 Å². The molecule has 0 aromatic rings. The molecule has 0 rings (SSSR count). The minimum absolute atomic E-state index is 0.231. The predicted molar refractivity (Wildman–Crippen MR) is 36.7 cm³/mol. The topological polar surface area (TPSA) is 112 Å². The molecule has 0 saturated heterocycles. The number of hydrogen-bond donors (Lipinski definition) is 3. The molecular weight excluding hydrogens is 176 g/mol. The first-order chi connectivity index (χ1) is 4.64. The van der Waals surface area contributed by atoms with Gasteiger partial charge in [0.2, 0.25) is 0 Å². The SMILES string of the molecule is CC(C)C(=O)O.O=S(=O)(O)O. The number of aliphatic carboxylic acids is 1. The molecule has 3 N–H and O–H groups in total. The van der Waals surface area contributed by atoms with Crippen LogP contribution in [0.1, 0.15) is 13.8 Å². The van der Waals surface area contributed by atoms with Gasteiger partial charge in [-0.15, -0.1) is 0 Å². The summed E-state index contributed by atoms with van der Waals surface area (Å²) in [6, 6.07) is 0. The van der Waals surface area contributed by atoms with Crippen molar-refractivity contribution in [1.29, 1.82) is 0 Å². The summed E-state index contributed by atoms with van der Waals surface area (Å²) in [6.07, 6.45) is 0. The maximum absolute atomic E-state index is 9.70. The Morgan fingerprint density at radius 3 is 1.36 bits per heavy atom. The number of hydrogen-bond acceptors (Lipinski definition) is 3. The summed E-state index contributed by atoms with van der Waals surface area (Å²) >= 11 is 0. The average Bonchev–Trinajstić information content (AvgIpc) is 1.59. The molecular formula is C4H10O6S. The highest BCUT2D eigenvalue weighted by atomic mass is 32.3. The molecule has 0 aliphatic rings. The van der Waals surface area contributed by atoms with E-state index in [1.54, 1.807) is 13.8 Å².